The van der Waals surface area contributed by atoms with Crippen molar-refractivity contribution >= 4 is 17.7 Å². The van der Waals surface area contributed by atoms with Gasteiger partial charge in [0.2, 0.25) is 0 Å². The molecule has 2 N–H and O–H groups in total. The number of hydrogen-bond donors (Lipinski definition) is 2. The van der Waals surface area contributed by atoms with Crippen LogP contribution in [0.5, 0.6) is 0 Å². The first-order chi connectivity index (χ1) is 9.33. The molecule has 1 atom stereocenters. The number of nitrogens with one attached hydrogen (secondary N) is 1. The average molecular weight is 277 g/mol. The van der Waals surface area contributed by atoms with Crippen LogP contribution in [0.1, 0.15) is 24.6 Å². The van der Waals surface area contributed by atoms with Gasteiger partial charge >= 0.3 is 12.0 Å². The van der Waals surface area contributed by atoms with Gasteiger partial charge in [-0.2, -0.15) is 0 Å². The van der Waals surface area contributed by atoms with Crippen LogP contribution in [0.3, 0.4) is 0 Å². The fourth-order valence-corrected chi connectivity index (χ4v) is 2.38. The number of likely N-dealkylation sites (tertiary alicyclic amines) is 1. The zero-order valence-electron chi connectivity index (χ0n) is 11.9. The number of carbonyl (C=O) groups is 2. The van der Waals surface area contributed by atoms with Gasteiger partial charge in [0.1, 0.15) is 0 Å². The Hall–Kier alpha value is -2.11. The largest absolute Gasteiger partial charge is 0.481 e. The lowest BCUT2D eigenvalue weighted by Crippen LogP contribution is -2.37. The Morgan fingerprint density at radius 1 is 1.45 bits per heavy atom. The molecule has 6 nitrogen and oxygen atoms in total. The quantitative estimate of drug-likeness (QED) is 0.866. The van der Waals surface area contributed by atoms with Gasteiger partial charge in [-0.05, 0) is 38.8 Å². The van der Waals surface area contributed by atoms with Gasteiger partial charge in [0.15, 0.2) is 0 Å². The first-order valence-electron chi connectivity index (χ1n) is 6.55. The fraction of sp³-hybridized carbons (Fsp3) is 0.500. The Kier molecular flexibility index (Phi) is 3.65. The van der Waals surface area contributed by atoms with E-state index in [0.29, 0.717) is 18.7 Å². The molecule has 2 amide bonds. The van der Waals surface area contributed by atoms with E-state index in [4.69, 9.17) is 0 Å². The van der Waals surface area contributed by atoms with Crippen molar-refractivity contribution in [1.29, 1.82) is 0 Å². The second kappa shape index (κ2) is 5.11. The van der Waals surface area contributed by atoms with E-state index in [-0.39, 0.29) is 12.6 Å². The highest BCUT2D eigenvalue weighted by molar-refractivity contribution is 5.91. The molecule has 20 heavy (non-hydrogen) atoms. The number of amides is 2. The van der Waals surface area contributed by atoms with E-state index in [1.165, 1.54) is 0 Å². The number of aromatic nitrogens is 1. The smallest absolute Gasteiger partial charge is 0.321 e. The molecule has 1 unspecified atom stereocenters. The maximum atomic E-state index is 12.2. The molecule has 108 valence electrons. The Morgan fingerprint density at radius 2 is 2.15 bits per heavy atom. The molecule has 1 aromatic rings. The minimum absolute atomic E-state index is 0.229. The number of aryl methyl sites for hydroxylation is 2. The second-order valence-corrected chi connectivity index (χ2v) is 5.56. The molecule has 0 aliphatic carbocycles. The molecule has 0 saturated carbocycles. The van der Waals surface area contributed by atoms with Gasteiger partial charge in [-0.25, -0.2) is 4.79 Å². The van der Waals surface area contributed by atoms with Gasteiger partial charge < -0.3 is 15.3 Å². The van der Waals surface area contributed by atoms with Gasteiger partial charge in [-0.15, -0.1) is 0 Å². The molecule has 0 aromatic carbocycles. The van der Waals surface area contributed by atoms with Crippen LogP contribution >= 0.6 is 0 Å². The number of pyridine rings is 1. The molecular formula is C14H19N3O3. The number of aliphatic carboxylic acids is 1. The highest BCUT2D eigenvalue weighted by atomic mass is 16.4. The van der Waals surface area contributed by atoms with Crippen LogP contribution in [-0.4, -0.2) is 40.1 Å². The monoisotopic (exact) mass is 277 g/mol. The number of hydrogen-bond acceptors (Lipinski definition) is 3. The molecule has 1 aliphatic heterocycles. The molecule has 1 aliphatic rings. The lowest BCUT2D eigenvalue weighted by molar-refractivity contribution is -0.146. The zero-order valence-corrected chi connectivity index (χ0v) is 11.9. The van der Waals surface area contributed by atoms with Crippen molar-refractivity contribution in [3.05, 3.63) is 23.5 Å². The Bertz CT molecular complexity index is 538. The summed E-state index contributed by atoms with van der Waals surface area (Å²) in [5.74, 6) is -0.860. The van der Waals surface area contributed by atoms with E-state index in [1.54, 1.807) is 18.0 Å². The normalized spacial score (nSPS) is 21.9. The van der Waals surface area contributed by atoms with Crippen LogP contribution < -0.4 is 5.32 Å². The van der Waals surface area contributed by atoms with Crippen molar-refractivity contribution in [3.8, 4) is 0 Å². The van der Waals surface area contributed by atoms with Crippen LogP contribution in [-0.2, 0) is 4.79 Å². The number of carbonyl (C=O) groups excluding carboxylic acids is 1. The van der Waals surface area contributed by atoms with Gasteiger partial charge in [0.25, 0.3) is 0 Å². The molecule has 6 heteroatoms. The molecule has 0 bridgehead atoms. The molecule has 2 rings (SSSR count). The van der Waals surface area contributed by atoms with E-state index in [1.807, 2.05) is 19.9 Å². The minimum atomic E-state index is -0.860. The maximum Gasteiger partial charge on any atom is 0.321 e. The summed E-state index contributed by atoms with van der Waals surface area (Å²) in [7, 11) is 0. The summed E-state index contributed by atoms with van der Waals surface area (Å²) in [6, 6.07) is 1.56. The maximum absolute atomic E-state index is 12.2. The summed E-state index contributed by atoms with van der Waals surface area (Å²) in [4.78, 5) is 29.1. The third-order valence-corrected chi connectivity index (χ3v) is 3.86. The van der Waals surface area contributed by atoms with Crippen LogP contribution in [0, 0.1) is 19.3 Å². The summed E-state index contributed by atoms with van der Waals surface area (Å²) in [5.41, 5.74) is 1.53. The van der Waals surface area contributed by atoms with Crippen LogP contribution in [0.15, 0.2) is 12.3 Å². The molecule has 1 fully saturated rings. The van der Waals surface area contributed by atoms with Crippen LogP contribution in [0.4, 0.5) is 10.5 Å². The number of nitrogens with zero attached hydrogens (tertiary/aromatic N) is 2. The van der Waals surface area contributed by atoms with E-state index in [2.05, 4.69) is 10.3 Å². The second-order valence-electron chi connectivity index (χ2n) is 5.56. The predicted octanol–water partition coefficient (Wildman–Crippen LogP) is 2.03. The predicted molar refractivity (Wildman–Crippen MR) is 74.7 cm³/mol. The molecule has 1 aromatic heterocycles. The summed E-state index contributed by atoms with van der Waals surface area (Å²) in [6.07, 6.45) is 2.17. The van der Waals surface area contributed by atoms with E-state index in [0.717, 1.165) is 11.3 Å². The van der Waals surface area contributed by atoms with Crippen LogP contribution in [0.25, 0.3) is 0 Å². The van der Waals surface area contributed by atoms with Gasteiger partial charge in [0, 0.05) is 19.3 Å². The van der Waals surface area contributed by atoms with Crippen molar-refractivity contribution in [1.82, 2.24) is 9.88 Å². The lowest BCUT2D eigenvalue weighted by Gasteiger charge is -2.21. The topological polar surface area (TPSA) is 82.5 Å². The van der Waals surface area contributed by atoms with Crippen molar-refractivity contribution in [2.24, 2.45) is 5.41 Å². The van der Waals surface area contributed by atoms with E-state index >= 15 is 0 Å². The van der Waals surface area contributed by atoms with Gasteiger partial charge in [0.05, 0.1) is 16.8 Å². The van der Waals surface area contributed by atoms with Crippen molar-refractivity contribution in [2.75, 3.05) is 18.4 Å². The molecule has 1 saturated heterocycles. The molecule has 2 heterocycles. The third kappa shape index (κ3) is 2.59. The van der Waals surface area contributed by atoms with Crippen molar-refractivity contribution < 1.29 is 14.7 Å². The Labute approximate surface area is 117 Å². The van der Waals surface area contributed by atoms with Crippen molar-refractivity contribution in [2.45, 2.75) is 27.2 Å². The van der Waals surface area contributed by atoms with Gasteiger partial charge in [-0.3, -0.25) is 9.78 Å². The van der Waals surface area contributed by atoms with E-state index < -0.39 is 11.4 Å². The molecule has 0 radical (unpaired) electrons. The highest BCUT2D eigenvalue weighted by Crippen LogP contribution is 2.30. The van der Waals surface area contributed by atoms with Crippen molar-refractivity contribution in [3.63, 3.8) is 0 Å². The fourth-order valence-electron chi connectivity index (χ4n) is 2.38. The first kappa shape index (κ1) is 14.3. The number of rotatable bonds is 2. The highest BCUT2D eigenvalue weighted by Gasteiger charge is 2.42. The van der Waals surface area contributed by atoms with E-state index in [9.17, 15) is 14.7 Å². The third-order valence-electron chi connectivity index (χ3n) is 3.86. The number of carboxylic acids is 1. The first-order valence-corrected chi connectivity index (χ1v) is 6.55. The minimum Gasteiger partial charge on any atom is -0.481 e. The molecular weight excluding hydrogens is 258 g/mol. The Morgan fingerprint density at radius 3 is 2.70 bits per heavy atom. The summed E-state index contributed by atoms with van der Waals surface area (Å²) >= 11 is 0. The summed E-state index contributed by atoms with van der Waals surface area (Å²) < 4.78 is 0. The standard InChI is InChI=1S/C14H19N3O3/c1-9-4-6-15-10(2)11(9)16-13(20)17-7-5-14(3,8-17)12(18)19/h4,6H,5,7-8H2,1-3H3,(H,16,20)(H,18,19). The number of urea groups is 1. The Balaban J connectivity index is 2.09. The van der Waals surface area contributed by atoms with Gasteiger partial charge in [-0.1, -0.05) is 0 Å². The average Bonchev–Trinajstić information content (AvgIpc) is 2.78. The van der Waals surface area contributed by atoms with Crippen LogP contribution in [0.2, 0.25) is 0 Å². The molecule has 0 spiro atoms. The summed E-state index contributed by atoms with van der Waals surface area (Å²) in [5, 5.41) is 12.0. The number of anilines is 1. The number of carboxylic acid groups (broad SMARTS) is 1. The lowest BCUT2D eigenvalue weighted by atomic mass is 9.90. The summed E-state index contributed by atoms with van der Waals surface area (Å²) in [6.45, 7) is 6.08. The SMILES string of the molecule is Cc1ccnc(C)c1NC(=O)N1CCC(C)(C(=O)O)C1. The zero-order chi connectivity index (χ0) is 14.9.